The average molecular weight is 401 g/mol. The normalized spacial score (nSPS) is 11.5. The Morgan fingerprint density at radius 2 is 1.87 bits per heavy atom. The minimum Gasteiger partial charge on any atom is -0.322 e. The molecule has 8 heteroatoms. The van der Waals surface area contributed by atoms with Crippen molar-refractivity contribution in [2.24, 2.45) is 0 Å². The van der Waals surface area contributed by atoms with E-state index in [2.05, 4.69) is 21.2 Å². The number of amides is 1. The minimum atomic E-state index is -3.59. The first-order valence-electron chi connectivity index (χ1n) is 6.51. The van der Waals surface area contributed by atoms with E-state index in [0.29, 0.717) is 10.2 Å². The molecule has 0 atom stereocenters. The van der Waals surface area contributed by atoms with E-state index in [0.717, 1.165) is 4.31 Å². The second kappa shape index (κ2) is 6.77. The quantitative estimate of drug-likeness (QED) is 0.857. The van der Waals surface area contributed by atoms with E-state index >= 15 is 0 Å². The molecule has 122 valence electrons. The van der Waals surface area contributed by atoms with Crippen LogP contribution in [-0.2, 0) is 10.0 Å². The second-order valence-electron chi connectivity index (χ2n) is 4.89. The van der Waals surface area contributed by atoms with Crippen molar-refractivity contribution < 1.29 is 17.6 Å². The van der Waals surface area contributed by atoms with Crippen LogP contribution in [0.25, 0.3) is 0 Å². The Bertz CT molecular complexity index is 854. The predicted octanol–water partition coefficient (Wildman–Crippen LogP) is 3.09. The van der Waals surface area contributed by atoms with Crippen molar-refractivity contribution in [3.05, 3.63) is 58.3 Å². The molecule has 0 radical (unpaired) electrons. The molecule has 0 spiro atoms. The van der Waals surface area contributed by atoms with Crippen LogP contribution in [0.5, 0.6) is 0 Å². The van der Waals surface area contributed by atoms with Gasteiger partial charge >= 0.3 is 0 Å². The molecule has 0 fully saturated rings. The zero-order chi connectivity index (χ0) is 17.2. The van der Waals surface area contributed by atoms with Crippen LogP contribution in [0.15, 0.2) is 51.8 Å². The minimum absolute atomic E-state index is 0.0680. The zero-order valence-corrected chi connectivity index (χ0v) is 14.8. The third-order valence-electron chi connectivity index (χ3n) is 3.05. The Morgan fingerprint density at radius 1 is 1.17 bits per heavy atom. The fraction of sp³-hybridized carbons (Fsp3) is 0.133. The molecule has 0 unspecified atom stereocenters. The fourth-order valence-electron chi connectivity index (χ4n) is 1.82. The van der Waals surface area contributed by atoms with Gasteiger partial charge in [0, 0.05) is 24.3 Å². The van der Waals surface area contributed by atoms with Crippen LogP contribution in [0.3, 0.4) is 0 Å². The van der Waals surface area contributed by atoms with Crippen LogP contribution < -0.4 is 5.32 Å². The summed E-state index contributed by atoms with van der Waals surface area (Å²) in [4.78, 5) is 12.3. The molecule has 23 heavy (non-hydrogen) atoms. The molecule has 1 amide bonds. The largest absolute Gasteiger partial charge is 0.322 e. The molecule has 0 aromatic heterocycles. The first kappa shape index (κ1) is 17.6. The predicted molar refractivity (Wildman–Crippen MR) is 89.4 cm³/mol. The number of benzene rings is 2. The number of hydrogen-bond acceptors (Lipinski definition) is 3. The first-order valence-corrected chi connectivity index (χ1v) is 8.74. The summed E-state index contributed by atoms with van der Waals surface area (Å²) in [5.74, 6) is -0.941. The molecule has 0 saturated carbocycles. The van der Waals surface area contributed by atoms with Gasteiger partial charge in [-0.15, -0.1) is 0 Å². The van der Waals surface area contributed by atoms with Crippen molar-refractivity contribution >= 4 is 37.5 Å². The van der Waals surface area contributed by atoms with Crippen molar-refractivity contribution in [3.63, 3.8) is 0 Å². The molecule has 0 heterocycles. The van der Waals surface area contributed by atoms with Crippen molar-refractivity contribution in [2.45, 2.75) is 4.90 Å². The lowest BCUT2D eigenvalue weighted by Gasteiger charge is -2.13. The van der Waals surface area contributed by atoms with Crippen LogP contribution in [0.1, 0.15) is 10.4 Å². The van der Waals surface area contributed by atoms with Gasteiger partial charge in [-0.2, -0.15) is 0 Å². The van der Waals surface area contributed by atoms with Crippen molar-refractivity contribution in [1.29, 1.82) is 0 Å². The molecular weight excluding hydrogens is 387 g/mol. The number of rotatable bonds is 4. The highest BCUT2D eigenvalue weighted by Crippen LogP contribution is 2.21. The number of halogens is 2. The number of carbonyl (C=O) groups is 1. The van der Waals surface area contributed by atoms with Gasteiger partial charge in [-0.1, -0.05) is 6.07 Å². The summed E-state index contributed by atoms with van der Waals surface area (Å²) in [6, 6.07) is 9.61. The van der Waals surface area contributed by atoms with Gasteiger partial charge < -0.3 is 5.32 Å². The molecule has 0 aliphatic heterocycles. The maximum Gasteiger partial charge on any atom is 0.256 e. The molecule has 2 aromatic rings. The van der Waals surface area contributed by atoms with E-state index in [9.17, 15) is 17.6 Å². The van der Waals surface area contributed by atoms with Gasteiger partial charge in [0.15, 0.2) is 0 Å². The summed E-state index contributed by atoms with van der Waals surface area (Å²) in [5.41, 5.74) is 0.571. The highest BCUT2D eigenvalue weighted by atomic mass is 79.9. The second-order valence-corrected chi connectivity index (χ2v) is 7.90. The third-order valence-corrected chi connectivity index (χ3v) is 5.51. The Hall–Kier alpha value is -1.77. The van der Waals surface area contributed by atoms with E-state index < -0.39 is 21.7 Å². The van der Waals surface area contributed by atoms with Gasteiger partial charge in [-0.05, 0) is 52.3 Å². The molecule has 2 rings (SSSR count). The van der Waals surface area contributed by atoms with Crippen LogP contribution in [0.2, 0.25) is 0 Å². The Kier molecular flexibility index (Phi) is 5.18. The van der Waals surface area contributed by atoms with E-state index in [1.54, 1.807) is 6.07 Å². The van der Waals surface area contributed by atoms with Gasteiger partial charge in [0.2, 0.25) is 10.0 Å². The summed E-state index contributed by atoms with van der Waals surface area (Å²) in [6.07, 6.45) is 0. The van der Waals surface area contributed by atoms with Gasteiger partial charge in [-0.25, -0.2) is 17.1 Å². The van der Waals surface area contributed by atoms with Gasteiger partial charge in [0.25, 0.3) is 5.91 Å². The number of nitrogens with one attached hydrogen (secondary N) is 1. The van der Waals surface area contributed by atoms with E-state index in [1.807, 2.05) is 0 Å². The Morgan fingerprint density at radius 3 is 2.48 bits per heavy atom. The Balaban J connectivity index is 2.29. The Labute approximate surface area is 142 Å². The van der Waals surface area contributed by atoms with Crippen LogP contribution in [0, 0.1) is 5.82 Å². The van der Waals surface area contributed by atoms with E-state index in [4.69, 9.17) is 0 Å². The molecule has 0 aliphatic carbocycles. The maximum absolute atomic E-state index is 13.1. The van der Waals surface area contributed by atoms with Crippen LogP contribution >= 0.6 is 15.9 Å². The van der Waals surface area contributed by atoms with Crippen molar-refractivity contribution in [2.75, 3.05) is 19.4 Å². The van der Waals surface area contributed by atoms with Crippen molar-refractivity contribution in [1.82, 2.24) is 4.31 Å². The monoisotopic (exact) mass is 400 g/mol. The third kappa shape index (κ3) is 3.95. The lowest BCUT2D eigenvalue weighted by Crippen LogP contribution is -2.22. The lowest BCUT2D eigenvalue weighted by atomic mass is 10.2. The topological polar surface area (TPSA) is 66.5 Å². The number of hydrogen-bond donors (Lipinski definition) is 1. The number of nitrogens with zero attached hydrogens (tertiary/aromatic N) is 1. The van der Waals surface area contributed by atoms with Crippen LogP contribution in [-0.4, -0.2) is 32.7 Å². The molecule has 5 nitrogen and oxygen atoms in total. The number of carbonyl (C=O) groups excluding carboxylic acids is 1. The van der Waals surface area contributed by atoms with E-state index in [-0.39, 0.29) is 10.5 Å². The zero-order valence-electron chi connectivity index (χ0n) is 12.4. The van der Waals surface area contributed by atoms with Gasteiger partial charge in [0.1, 0.15) is 5.82 Å². The van der Waals surface area contributed by atoms with E-state index in [1.165, 1.54) is 50.5 Å². The SMILES string of the molecule is CN(C)S(=O)(=O)c1cccc(NC(=O)c2ccc(F)cc2Br)c1. The molecule has 0 saturated heterocycles. The molecular formula is C15H14BrFN2O3S. The maximum atomic E-state index is 13.1. The summed E-state index contributed by atoms with van der Waals surface area (Å²) < 4.78 is 38.7. The molecule has 2 aromatic carbocycles. The fourth-order valence-corrected chi connectivity index (χ4v) is 3.30. The number of sulfonamides is 1. The standard InChI is InChI=1S/C15H14BrFN2O3S/c1-19(2)23(21,22)12-5-3-4-11(9-12)18-15(20)13-7-6-10(17)8-14(13)16/h3-9H,1-2H3,(H,18,20). The number of anilines is 1. The molecule has 0 aliphatic rings. The highest BCUT2D eigenvalue weighted by molar-refractivity contribution is 9.10. The summed E-state index contributed by atoms with van der Waals surface area (Å²) >= 11 is 3.12. The van der Waals surface area contributed by atoms with Crippen molar-refractivity contribution in [3.8, 4) is 0 Å². The first-order chi connectivity index (χ1) is 10.7. The highest BCUT2D eigenvalue weighted by Gasteiger charge is 2.18. The lowest BCUT2D eigenvalue weighted by molar-refractivity contribution is 0.102. The summed E-state index contributed by atoms with van der Waals surface area (Å²) in [6.45, 7) is 0. The van der Waals surface area contributed by atoms with Crippen LogP contribution in [0.4, 0.5) is 10.1 Å². The summed E-state index contributed by atoms with van der Waals surface area (Å²) in [5, 5.41) is 2.60. The molecule has 1 N–H and O–H groups in total. The van der Waals surface area contributed by atoms with Gasteiger partial charge in [-0.3, -0.25) is 4.79 Å². The summed E-state index contributed by atoms with van der Waals surface area (Å²) in [7, 11) is -0.737. The average Bonchev–Trinajstić information content (AvgIpc) is 2.47. The van der Waals surface area contributed by atoms with Gasteiger partial charge in [0.05, 0.1) is 10.5 Å². The molecule has 0 bridgehead atoms. The smallest absolute Gasteiger partial charge is 0.256 e.